The van der Waals surface area contributed by atoms with E-state index in [1.165, 1.54) is 49.9 Å². The van der Waals surface area contributed by atoms with Crippen molar-refractivity contribution in [3.8, 4) is 11.1 Å². The van der Waals surface area contributed by atoms with Crippen molar-refractivity contribution >= 4 is 33.8 Å². The zero-order valence-corrected chi connectivity index (χ0v) is 24.4. The van der Waals surface area contributed by atoms with Crippen LogP contribution < -0.4 is 0 Å². The number of aromatic nitrogens is 1. The summed E-state index contributed by atoms with van der Waals surface area (Å²) in [6, 6.07) is 18.3. The number of fused-ring (bicyclic) bond motifs is 3. The molecule has 2 aromatic carbocycles. The molecule has 2 nitrogen and oxygen atoms in total. The number of allylic oxidation sites excluding steroid dienone is 15. The Balaban J connectivity index is 1.22. The van der Waals surface area contributed by atoms with Gasteiger partial charge in [-0.25, -0.2) is 4.98 Å². The zero-order chi connectivity index (χ0) is 28.8. The van der Waals surface area contributed by atoms with Gasteiger partial charge in [0.1, 0.15) is 0 Å². The molecule has 0 radical (unpaired) electrons. The largest absolute Gasteiger partial charge is 0.284 e. The molecule has 4 aliphatic carbocycles. The minimum atomic E-state index is 0.152. The molecule has 0 spiro atoms. The van der Waals surface area contributed by atoms with Crippen LogP contribution in [0.2, 0.25) is 0 Å². The first-order valence-corrected chi connectivity index (χ1v) is 15.5. The Bertz CT molecular complexity index is 1930. The molecular formula is C41H34N2. The van der Waals surface area contributed by atoms with E-state index in [1.807, 2.05) is 6.21 Å². The van der Waals surface area contributed by atoms with Crippen LogP contribution in [0.1, 0.15) is 36.6 Å². The maximum absolute atomic E-state index is 5.30. The summed E-state index contributed by atoms with van der Waals surface area (Å²) in [5.74, 6) is 1.33. The SMILES string of the molecule is CC1C=CC(c2ccc3c(-c4ccc(C5=CC=CC6C=CC=NC56)cc4)cc(C4=CC=C5C=CC=CC5C4)nc3c2)=CC1. The Morgan fingerprint density at radius 1 is 0.744 bits per heavy atom. The molecule has 208 valence electrons. The Kier molecular flexibility index (Phi) is 6.48. The monoisotopic (exact) mass is 554 g/mol. The number of nitrogens with zero attached hydrogens (tertiary/aromatic N) is 2. The summed E-state index contributed by atoms with van der Waals surface area (Å²) in [5, 5.41) is 1.18. The maximum atomic E-state index is 5.30. The van der Waals surface area contributed by atoms with E-state index < -0.39 is 0 Å². The number of hydrogen-bond acceptors (Lipinski definition) is 2. The topological polar surface area (TPSA) is 25.2 Å². The van der Waals surface area contributed by atoms with Gasteiger partial charge in [0.25, 0.3) is 0 Å². The first-order chi connectivity index (χ1) is 21.2. The maximum Gasteiger partial charge on any atom is 0.0852 e. The fourth-order valence-electron chi connectivity index (χ4n) is 6.89. The lowest BCUT2D eigenvalue weighted by atomic mass is 9.82. The predicted molar refractivity (Wildman–Crippen MR) is 183 cm³/mol. The summed E-state index contributed by atoms with van der Waals surface area (Å²) < 4.78 is 0. The molecule has 0 saturated carbocycles. The van der Waals surface area contributed by atoms with Crippen molar-refractivity contribution in [3.05, 3.63) is 156 Å². The van der Waals surface area contributed by atoms with E-state index in [-0.39, 0.29) is 6.04 Å². The van der Waals surface area contributed by atoms with Crippen LogP contribution in [-0.4, -0.2) is 17.2 Å². The van der Waals surface area contributed by atoms with Gasteiger partial charge in [0.2, 0.25) is 0 Å². The Morgan fingerprint density at radius 2 is 1.60 bits per heavy atom. The summed E-state index contributed by atoms with van der Waals surface area (Å²) in [6.07, 6.45) is 35.2. The summed E-state index contributed by atoms with van der Waals surface area (Å²) in [6.45, 7) is 2.27. The highest BCUT2D eigenvalue weighted by Gasteiger charge is 2.25. The lowest BCUT2D eigenvalue weighted by molar-refractivity contribution is 0.699. The first kappa shape index (κ1) is 25.9. The van der Waals surface area contributed by atoms with E-state index in [2.05, 4.69) is 141 Å². The molecule has 0 fully saturated rings. The molecule has 1 aliphatic heterocycles. The highest BCUT2D eigenvalue weighted by molar-refractivity contribution is 5.98. The summed E-state index contributed by atoms with van der Waals surface area (Å²) in [7, 11) is 0. The van der Waals surface area contributed by atoms with Gasteiger partial charge in [0.05, 0.1) is 17.3 Å². The van der Waals surface area contributed by atoms with E-state index in [1.54, 1.807) is 0 Å². The number of pyridine rings is 1. The number of rotatable bonds is 4. The molecule has 8 rings (SSSR count). The molecule has 0 N–H and O–H groups in total. The van der Waals surface area contributed by atoms with Crippen molar-refractivity contribution < 1.29 is 0 Å². The molecule has 5 aliphatic rings. The van der Waals surface area contributed by atoms with Crippen LogP contribution in [-0.2, 0) is 0 Å². The van der Waals surface area contributed by atoms with Crippen LogP contribution >= 0.6 is 0 Å². The standard InChI is InChI=1S/C41H34N2/c1-27-11-13-29(14-12-27)34-21-22-37-38(26-39(43-40(37)25-34)35-20-15-28-6-2-3-7-33(28)24-35)31-18-16-30(17-19-31)36-10-4-8-32-9-5-23-42-41(32)36/h2-11,13-23,25-27,32-33,41H,12,24H2,1H3. The Hall–Kier alpha value is -4.82. The minimum absolute atomic E-state index is 0.152. The number of hydrogen-bond donors (Lipinski definition) is 0. The van der Waals surface area contributed by atoms with Crippen LogP contribution in [0.4, 0.5) is 0 Å². The molecule has 3 aromatic rings. The first-order valence-electron chi connectivity index (χ1n) is 15.5. The Morgan fingerprint density at radius 3 is 2.49 bits per heavy atom. The van der Waals surface area contributed by atoms with Gasteiger partial charge in [0, 0.05) is 23.4 Å². The average Bonchev–Trinajstić information content (AvgIpc) is 3.07. The van der Waals surface area contributed by atoms with E-state index in [4.69, 9.17) is 9.98 Å². The third kappa shape index (κ3) is 4.87. The van der Waals surface area contributed by atoms with Crippen molar-refractivity contribution in [3.63, 3.8) is 0 Å². The van der Waals surface area contributed by atoms with Crippen LogP contribution in [0.25, 0.3) is 38.7 Å². The van der Waals surface area contributed by atoms with Crippen LogP contribution in [0.3, 0.4) is 0 Å². The average molecular weight is 555 g/mol. The third-order valence-corrected chi connectivity index (χ3v) is 9.36. The fraction of sp³-hybridized carbons (Fsp3) is 0.171. The second kappa shape index (κ2) is 10.8. The molecule has 2 heteroatoms. The van der Waals surface area contributed by atoms with Crippen molar-refractivity contribution in [2.45, 2.75) is 25.8 Å². The number of dihydropyridines is 1. The van der Waals surface area contributed by atoms with E-state index in [9.17, 15) is 0 Å². The van der Waals surface area contributed by atoms with Crippen molar-refractivity contribution in [1.82, 2.24) is 4.98 Å². The van der Waals surface area contributed by atoms with E-state index in [0.29, 0.717) is 17.8 Å². The summed E-state index contributed by atoms with van der Waals surface area (Å²) in [4.78, 5) is 10.1. The van der Waals surface area contributed by atoms with Gasteiger partial charge in [-0.3, -0.25) is 4.99 Å². The third-order valence-electron chi connectivity index (χ3n) is 9.36. The number of benzene rings is 2. The molecule has 4 atom stereocenters. The Labute approximate surface area is 254 Å². The van der Waals surface area contributed by atoms with Crippen molar-refractivity contribution in [2.24, 2.45) is 22.7 Å². The highest BCUT2D eigenvalue weighted by Crippen LogP contribution is 2.39. The van der Waals surface area contributed by atoms with Gasteiger partial charge in [-0.05, 0) is 81.5 Å². The number of aliphatic imine (C=N–C) groups is 1. The zero-order valence-electron chi connectivity index (χ0n) is 24.4. The van der Waals surface area contributed by atoms with Gasteiger partial charge < -0.3 is 0 Å². The molecule has 1 aromatic heterocycles. The van der Waals surface area contributed by atoms with Gasteiger partial charge in [-0.1, -0.05) is 122 Å². The van der Waals surface area contributed by atoms with Gasteiger partial charge >= 0.3 is 0 Å². The fourth-order valence-corrected chi connectivity index (χ4v) is 6.89. The van der Waals surface area contributed by atoms with Crippen LogP contribution in [0, 0.1) is 17.8 Å². The second-order valence-electron chi connectivity index (χ2n) is 12.2. The summed E-state index contributed by atoms with van der Waals surface area (Å²) in [5.41, 5.74) is 12.2. The van der Waals surface area contributed by atoms with E-state index >= 15 is 0 Å². The van der Waals surface area contributed by atoms with Crippen LogP contribution in [0.5, 0.6) is 0 Å². The highest BCUT2D eigenvalue weighted by atomic mass is 14.8. The molecular weight excluding hydrogens is 520 g/mol. The molecule has 2 heterocycles. The van der Waals surface area contributed by atoms with Gasteiger partial charge in [-0.15, -0.1) is 0 Å². The molecule has 0 amide bonds. The van der Waals surface area contributed by atoms with E-state index in [0.717, 1.165) is 24.1 Å². The molecule has 0 saturated heterocycles. The molecule has 0 bridgehead atoms. The van der Waals surface area contributed by atoms with Gasteiger partial charge in [0.15, 0.2) is 0 Å². The smallest absolute Gasteiger partial charge is 0.0852 e. The molecule has 43 heavy (non-hydrogen) atoms. The summed E-state index contributed by atoms with van der Waals surface area (Å²) >= 11 is 0. The normalized spacial score (nSPS) is 25.1. The predicted octanol–water partition coefficient (Wildman–Crippen LogP) is 9.92. The lowest BCUT2D eigenvalue weighted by Gasteiger charge is -2.26. The lowest BCUT2D eigenvalue weighted by Crippen LogP contribution is -2.21. The van der Waals surface area contributed by atoms with Crippen molar-refractivity contribution in [1.29, 1.82) is 0 Å². The second-order valence-corrected chi connectivity index (χ2v) is 12.2. The van der Waals surface area contributed by atoms with Crippen LogP contribution in [0.15, 0.2) is 144 Å². The quantitative estimate of drug-likeness (QED) is 0.315. The van der Waals surface area contributed by atoms with Gasteiger partial charge in [-0.2, -0.15) is 0 Å². The van der Waals surface area contributed by atoms with Crippen molar-refractivity contribution in [2.75, 3.05) is 0 Å². The minimum Gasteiger partial charge on any atom is -0.284 e. The molecule has 4 unspecified atom stereocenters.